The molecule has 19 heavy (non-hydrogen) atoms. The van der Waals surface area contributed by atoms with Crippen LogP contribution in [0.25, 0.3) is 0 Å². The van der Waals surface area contributed by atoms with Crippen LogP contribution in [0.2, 0.25) is 0 Å². The van der Waals surface area contributed by atoms with E-state index in [4.69, 9.17) is 10.5 Å². The van der Waals surface area contributed by atoms with E-state index in [1.165, 1.54) is 24.6 Å². The minimum atomic E-state index is -0.640. The number of thioether (sulfide) groups is 1. The number of ether oxygens (including phenoxy) is 1. The maximum absolute atomic E-state index is 11.4. The number of esters is 1. The summed E-state index contributed by atoms with van der Waals surface area (Å²) in [7, 11) is 0. The number of carbonyl (C=O) groups excluding carboxylic acids is 1. The molecule has 1 aromatic rings. The van der Waals surface area contributed by atoms with Gasteiger partial charge in [0.25, 0.3) is 0 Å². The summed E-state index contributed by atoms with van der Waals surface area (Å²) in [4.78, 5) is 11.4. The van der Waals surface area contributed by atoms with Crippen molar-refractivity contribution in [3.05, 3.63) is 0 Å². The first kappa shape index (κ1) is 14.3. The summed E-state index contributed by atoms with van der Waals surface area (Å²) in [5.41, 5.74) is 5.75. The molecule has 1 saturated carbocycles. The molecule has 0 aromatic carbocycles. The Balaban J connectivity index is 1.89. The highest BCUT2D eigenvalue weighted by molar-refractivity contribution is 7.99. The molecular formula is C11H19N5O2S. The molecule has 0 bridgehead atoms. The fourth-order valence-corrected chi connectivity index (χ4v) is 3.02. The lowest BCUT2D eigenvalue weighted by Crippen LogP contribution is -2.34. The molecule has 0 aliphatic heterocycles. The maximum Gasteiger partial charge on any atom is 0.323 e. The van der Waals surface area contributed by atoms with Crippen LogP contribution in [0.1, 0.15) is 38.6 Å². The molecule has 1 aromatic heterocycles. The fourth-order valence-electron chi connectivity index (χ4n) is 2.14. The van der Waals surface area contributed by atoms with E-state index in [0.717, 1.165) is 18.0 Å². The number of hydrogen-bond donors (Lipinski definition) is 1. The minimum absolute atomic E-state index is 0.344. The average Bonchev–Trinajstić information content (AvgIpc) is 3.06. The SMILES string of the molecule is CCOC(=O)C(N)CSc1nnnn1C1CCCC1. The molecule has 1 aliphatic rings. The Morgan fingerprint density at radius 2 is 2.32 bits per heavy atom. The van der Waals surface area contributed by atoms with E-state index in [1.807, 2.05) is 4.68 Å². The Hall–Kier alpha value is -1.15. The average molecular weight is 285 g/mol. The molecule has 1 fully saturated rings. The molecule has 7 nitrogen and oxygen atoms in total. The van der Waals surface area contributed by atoms with Gasteiger partial charge in [-0.15, -0.1) is 5.10 Å². The molecule has 2 N–H and O–H groups in total. The van der Waals surface area contributed by atoms with Crippen LogP contribution >= 0.6 is 11.8 Å². The van der Waals surface area contributed by atoms with Gasteiger partial charge in [0.05, 0.1) is 12.6 Å². The highest BCUT2D eigenvalue weighted by Crippen LogP contribution is 2.31. The van der Waals surface area contributed by atoms with Gasteiger partial charge in [-0.25, -0.2) is 4.68 Å². The standard InChI is InChI=1S/C11H19N5O2S/c1-2-18-10(17)9(12)7-19-11-13-14-15-16(11)8-5-3-4-6-8/h8-9H,2-7,12H2,1H3. The lowest BCUT2D eigenvalue weighted by molar-refractivity contribution is -0.144. The Morgan fingerprint density at radius 1 is 1.58 bits per heavy atom. The van der Waals surface area contributed by atoms with Crippen LogP contribution in [0.5, 0.6) is 0 Å². The topological polar surface area (TPSA) is 95.9 Å². The van der Waals surface area contributed by atoms with Crippen molar-refractivity contribution in [3.8, 4) is 0 Å². The van der Waals surface area contributed by atoms with Crippen LogP contribution < -0.4 is 5.73 Å². The van der Waals surface area contributed by atoms with Crippen LogP contribution in [0.3, 0.4) is 0 Å². The number of nitrogens with zero attached hydrogens (tertiary/aromatic N) is 4. The van der Waals surface area contributed by atoms with Gasteiger partial charge in [-0.1, -0.05) is 24.6 Å². The number of aromatic nitrogens is 4. The zero-order chi connectivity index (χ0) is 13.7. The van der Waals surface area contributed by atoms with E-state index >= 15 is 0 Å². The van der Waals surface area contributed by atoms with Gasteiger partial charge in [0.1, 0.15) is 6.04 Å². The lowest BCUT2D eigenvalue weighted by Gasteiger charge is -2.12. The van der Waals surface area contributed by atoms with Gasteiger partial charge >= 0.3 is 5.97 Å². The third-order valence-electron chi connectivity index (χ3n) is 3.11. The predicted octanol–water partition coefficient (Wildman–Crippen LogP) is 0.771. The fraction of sp³-hybridized carbons (Fsp3) is 0.818. The van der Waals surface area contributed by atoms with E-state index in [0.29, 0.717) is 18.4 Å². The Morgan fingerprint density at radius 3 is 3.00 bits per heavy atom. The van der Waals surface area contributed by atoms with Crippen LogP contribution in [0.15, 0.2) is 5.16 Å². The van der Waals surface area contributed by atoms with E-state index in [1.54, 1.807) is 6.92 Å². The quantitative estimate of drug-likeness (QED) is 0.609. The van der Waals surface area contributed by atoms with E-state index in [-0.39, 0.29) is 5.97 Å². The van der Waals surface area contributed by atoms with Crippen molar-refractivity contribution in [2.75, 3.05) is 12.4 Å². The molecule has 1 unspecified atom stereocenters. The number of nitrogens with two attached hydrogens (primary N) is 1. The molecule has 8 heteroatoms. The summed E-state index contributed by atoms with van der Waals surface area (Å²) in [5, 5.41) is 12.5. The third-order valence-corrected chi connectivity index (χ3v) is 4.17. The van der Waals surface area contributed by atoms with Crippen molar-refractivity contribution in [2.24, 2.45) is 5.73 Å². The summed E-state index contributed by atoms with van der Waals surface area (Å²) in [6.45, 7) is 2.11. The largest absolute Gasteiger partial charge is 0.465 e. The number of hydrogen-bond acceptors (Lipinski definition) is 7. The molecular weight excluding hydrogens is 266 g/mol. The van der Waals surface area contributed by atoms with E-state index in [9.17, 15) is 4.79 Å². The molecule has 0 saturated heterocycles. The van der Waals surface area contributed by atoms with Crippen LogP contribution in [0.4, 0.5) is 0 Å². The van der Waals surface area contributed by atoms with E-state index in [2.05, 4.69) is 15.5 Å². The molecule has 1 heterocycles. The first-order chi connectivity index (χ1) is 9.22. The summed E-state index contributed by atoms with van der Waals surface area (Å²) < 4.78 is 6.72. The Kier molecular flexibility index (Phi) is 5.15. The zero-order valence-electron chi connectivity index (χ0n) is 11.0. The summed E-state index contributed by atoms with van der Waals surface area (Å²) in [5.74, 6) is 0.0428. The second-order valence-corrected chi connectivity index (χ2v) is 5.50. The van der Waals surface area contributed by atoms with Gasteiger partial charge < -0.3 is 10.5 Å². The minimum Gasteiger partial charge on any atom is -0.465 e. The van der Waals surface area contributed by atoms with Crippen molar-refractivity contribution < 1.29 is 9.53 Å². The van der Waals surface area contributed by atoms with Crippen molar-refractivity contribution in [2.45, 2.75) is 49.8 Å². The summed E-state index contributed by atoms with van der Waals surface area (Å²) in [6.07, 6.45) is 4.67. The summed E-state index contributed by atoms with van der Waals surface area (Å²) >= 11 is 1.40. The van der Waals surface area contributed by atoms with Gasteiger partial charge in [-0.05, 0) is 30.2 Å². The first-order valence-electron chi connectivity index (χ1n) is 6.55. The van der Waals surface area contributed by atoms with Crippen LogP contribution in [-0.2, 0) is 9.53 Å². The highest BCUT2D eigenvalue weighted by Gasteiger charge is 2.23. The number of tetrazole rings is 1. The van der Waals surface area contributed by atoms with Crippen LogP contribution in [-0.4, -0.2) is 44.6 Å². The molecule has 1 aliphatic carbocycles. The Bertz CT molecular complexity index is 419. The maximum atomic E-state index is 11.4. The molecule has 0 radical (unpaired) electrons. The van der Waals surface area contributed by atoms with Crippen molar-refractivity contribution in [1.29, 1.82) is 0 Å². The molecule has 0 amide bonds. The van der Waals surface area contributed by atoms with Crippen molar-refractivity contribution in [1.82, 2.24) is 20.2 Å². The lowest BCUT2D eigenvalue weighted by atomic mass is 10.3. The third kappa shape index (κ3) is 3.66. The van der Waals surface area contributed by atoms with Gasteiger partial charge in [0.15, 0.2) is 0 Å². The molecule has 1 atom stereocenters. The Labute approximate surface area is 116 Å². The van der Waals surface area contributed by atoms with Crippen LogP contribution in [0, 0.1) is 0 Å². The normalized spacial score (nSPS) is 17.6. The molecule has 0 spiro atoms. The number of rotatable bonds is 6. The van der Waals surface area contributed by atoms with E-state index < -0.39 is 6.04 Å². The van der Waals surface area contributed by atoms with Gasteiger partial charge in [0, 0.05) is 5.75 Å². The van der Waals surface area contributed by atoms with Gasteiger partial charge in [0.2, 0.25) is 5.16 Å². The van der Waals surface area contributed by atoms with Crippen molar-refractivity contribution >= 4 is 17.7 Å². The van der Waals surface area contributed by atoms with Crippen molar-refractivity contribution in [3.63, 3.8) is 0 Å². The first-order valence-corrected chi connectivity index (χ1v) is 7.53. The second-order valence-electron chi connectivity index (χ2n) is 4.51. The monoisotopic (exact) mass is 285 g/mol. The summed E-state index contributed by atoms with van der Waals surface area (Å²) in [6, 6.07) is -0.255. The van der Waals surface area contributed by atoms with Gasteiger partial charge in [-0.3, -0.25) is 4.79 Å². The molecule has 106 valence electrons. The predicted molar refractivity (Wildman–Crippen MR) is 70.7 cm³/mol. The number of carbonyl (C=O) groups is 1. The zero-order valence-corrected chi connectivity index (χ0v) is 11.8. The molecule has 2 rings (SSSR count). The van der Waals surface area contributed by atoms with Gasteiger partial charge in [-0.2, -0.15) is 0 Å². The highest BCUT2D eigenvalue weighted by atomic mass is 32.2. The second kappa shape index (κ2) is 6.85. The smallest absolute Gasteiger partial charge is 0.323 e.